The van der Waals surface area contributed by atoms with Gasteiger partial charge in [0.05, 0.1) is 24.8 Å². The molecule has 0 aromatic heterocycles. The molecule has 2 aliphatic heterocycles. The number of Topliss-reactive ketones (excluding diaryl/α,β-unsaturated/α-hetero) is 4. The van der Waals surface area contributed by atoms with E-state index in [9.17, 15) is 28.8 Å². The van der Waals surface area contributed by atoms with Crippen LogP contribution in [0.5, 0.6) is 5.75 Å². The number of aromatic nitrogens is 1. The molecule has 1 saturated heterocycles. The molecule has 5 atom stereocenters. The first kappa shape index (κ1) is 34.0. The van der Waals surface area contributed by atoms with Gasteiger partial charge >= 0.3 is 6.16 Å². The van der Waals surface area contributed by atoms with Crippen molar-refractivity contribution < 1.29 is 68.1 Å². The van der Waals surface area contributed by atoms with E-state index >= 15 is 0 Å². The lowest BCUT2D eigenvalue weighted by atomic mass is 9.97. The Kier molecular flexibility index (Phi) is 10.4. The first-order chi connectivity index (χ1) is 20.5. The molecule has 0 radical (unpaired) electrons. The number of methoxy groups -OCH3 is 1. The van der Waals surface area contributed by atoms with Crippen LogP contribution >= 0.6 is 0 Å². The smallest absolute Gasteiger partial charge is 0.451 e. The van der Waals surface area contributed by atoms with Gasteiger partial charge in [0.25, 0.3) is 0 Å². The van der Waals surface area contributed by atoms with E-state index in [-0.39, 0.29) is 45.0 Å². The molecule has 1 aromatic carbocycles. The fourth-order valence-electron chi connectivity index (χ4n) is 4.37. The molecular weight excluding hydrogens is 590 g/mol. The Balaban J connectivity index is 0.000000369. The Hall–Kier alpha value is -4.45. The van der Waals surface area contributed by atoms with Gasteiger partial charge in [0.15, 0.2) is 52.0 Å². The van der Waals surface area contributed by atoms with Gasteiger partial charge in [-0.25, -0.2) is 9.78 Å². The Morgan fingerprint density at radius 3 is 1.93 bits per heavy atom. The maximum absolute atomic E-state index is 12.7. The minimum atomic E-state index is -1.57. The summed E-state index contributed by atoms with van der Waals surface area (Å²) >= 11 is 0. The highest BCUT2D eigenvalue weighted by Crippen LogP contribution is 2.37. The molecule has 4 rings (SSSR count). The van der Waals surface area contributed by atoms with Crippen LogP contribution < -0.4 is 10.2 Å². The standard InChI is InChI=1S/C22H17NO9.C6H12O6/c1-8(24)12-7-15(31-22(29)30-5)18-21(16(12)10(3)26)32-20-14(23-18)6-13(9(2)25)19(28)17(20)11(4)27;7-1-2-3(8)4(9)5(10)6(11)12-2/h6-7H,1-5H3;2-11H,1H2/t;2-,3+,4+,5-,6-/m.1/s1. The van der Waals surface area contributed by atoms with Crippen molar-refractivity contribution in [2.75, 3.05) is 13.7 Å². The fourth-order valence-corrected chi connectivity index (χ4v) is 4.37. The van der Waals surface area contributed by atoms with E-state index in [1.165, 1.54) is 13.8 Å². The van der Waals surface area contributed by atoms with Crippen LogP contribution in [0.1, 0.15) is 69.1 Å². The molecule has 16 heteroatoms. The van der Waals surface area contributed by atoms with Gasteiger partial charge in [0.1, 0.15) is 35.7 Å². The van der Waals surface area contributed by atoms with Crippen LogP contribution in [0.4, 0.5) is 4.79 Å². The van der Waals surface area contributed by atoms with Crippen molar-refractivity contribution in [1.29, 1.82) is 0 Å². The molecule has 1 aliphatic carbocycles. The lowest BCUT2D eigenvalue weighted by molar-refractivity contribution is -0.286. The van der Waals surface area contributed by atoms with Gasteiger partial charge in [0, 0.05) is 5.56 Å². The van der Waals surface area contributed by atoms with Gasteiger partial charge in [-0.2, -0.15) is 0 Å². The summed E-state index contributed by atoms with van der Waals surface area (Å²) < 4.78 is 19.9. The van der Waals surface area contributed by atoms with E-state index in [1.807, 2.05) is 0 Å². The van der Waals surface area contributed by atoms with Crippen LogP contribution in [0.3, 0.4) is 0 Å². The zero-order chi connectivity index (χ0) is 33.2. The number of rotatable bonds is 6. The average molecular weight is 620 g/mol. The summed E-state index contributed by atoms with van der Waals surface area (Å²) in [6.45, 7) is 4.13. The van der Waals surface area contributed by atoms with Gasteiger partial charge < -0.3 is 44.2 Å². The van der Waals surface area contributed by atoms with Crippen molar-refractivity contribution in [3.63, 3.8) is 0 Å². The second-order valence-corrected chi connectivity index (χ2v) is 9.67. The van der Waals surface area contributed by atoms with E-state index in [0.29, 0.717) is 0 Å². The molecule has 0 bridgehead atoms. The van der Waals surface area contributed by atoms with Crippen molar-refractivity contribution in [2.45, 2.75) is 58.4 Å². The molecule has 5 N–H and O–H groups in total. The topological polar surface area (TPSA) is 257 Å². The third-order valence-electron chi connectivity index (χ3n) is 6.56. The zero-order valence-electron chi connectivity index (χ0n) is 24.0. The van der Waals surface area contributed by atoms with Crippen LogP contribution in [0.2, 0.25) is 0 Å². The van der Waals surface area contributed by atoms with Crippen LogP contribution in [0.25, 0.3) is 22.6 Å². The molecule has 0 spiro atoms. The van der Waals surface area contributed by atoms with Crippen LogP contribution in [-0.4, -0.2) is 104 Å². The molecule has 236 valence electrons. The molecule has 0 unspecified atom stereocenters. The first-order valence-electron chi connectivity index (χ1n) is 12.8. The molecule has 0 saturated carbocycles. The third-order valence-corrected chi connectivity index (χ3v) is 6.56. The monoisotopic (exact) mass is 619 g/mol. The summed E-state index contributed by atoms with van der Waals surface area (Å²) in [6.07, 6.45) is -8.16. The highest BCUT2D eigenvalue weighted by atomic mass is 16.7. The number of aliphatic hydroxyl groups excluding tert-OH is 5. The second-order valence-electron chi connectivity index (χ2n) is 9.67. The van der Waals surface area contributed by atoms with Crippen LogP contribution in [0.15, 0.2) is 21.3 Å². The fraction of sp³-hybridized carbons (Fsp3) is 0.393. The minimum Gasteiger partial charge on any atom is -0.451 e. The Labute approximate surface area is 247 Å². The largest absolute Gasteiger partial charge is 0.513 e. The molecule has 1 aromatic rings. The molecule has 44 heavy (non-hydrogen) atoms. The highest BCUT2D eigenvalue weighted by molar-refractivity contribution is 6.15. The minimum absolute atomic E-state index is 0.0627. The maximum Gasteiger partial charge on any atom is 0.513 e. The van der Waals surface area contributed by atoms with Crippen LogP contribution in [-0.2, 0) is 9.47 Å². The lowest BCUT2D eigenvalue weighted by Crippen LogP contribution is -2.58. The first-order valence-corrected chi connectivity index (χ1v) is 12.8. The average Bonchev–Trinajstić information content (AvgIpc) is 2.96. The number of carbonyl (C=O) groups is 5. The van der Waals surface area contributed by atoms with E-state index in [1.54, 1.807) is 0 Å². The summed E-state index contributed by atoms with van der Waals surface area (Å²) in [6, 6.07) is 2.29. The van der Waals surface area contributed by atoms with E-state index < -0.39 is 77.6 Å². The van der Waals surface area contributed by atoms with Crippen molar-refractivity contribution in [3.8, 4) is 17.2 Å². The summed E-state index contributed by atoms with van der Waals surface area (Å²) in [4.78, 5) is 77.5. The number of fused-ring (bicyclic) bond motifs is 2. The highest BCUT2D eigenvalue weighted by Gasteiger charge is 2.42. The summed E-state index contributed by atoms with van der Waals surface area (Å²) in [7, 11) is 1.07. The normalized spacial score (nSPS) is 21.3. The predicted octanol–water partition coefficient (Wildman–Crippen LogP) is 0.0270. The molecule has 2 heterocycles. The summed E-state index contributed by atoms with van der Waals surface area (Å²) in [5.74, 6) is -2.91. The number of nitrogens with zero attached hydrogens (tertiary/aromatic N) is 1. The number of carbonyl (C=O) groups excluding carboxylic acids is 5. The number of benzene rings is 2. The molecule has 16 nitrogen and oxygen atoms in total. The predicted molar refractivity (Wildman–Crippen MR) is 146 cm³/mol. The van der Waals surface area contributed by atoms with Gasteiger partial charge in [-0.1, -0.05) is 0 Å². The quantitative estimate of drug-likeness (QED) is 0.105. The van der Waals surface area contributed by atoms with Crippen molar-refractivity contribution >= 4 is 40.4 Å². The Morgan fingerprint density at radius 2 is 1.43 bits per heavy atom. The number of hydrogen-bond acceptors (Lipinski definition) is 16. The summed E-state index contributed by atoms with van der Waals surface area (Å²) in [5.41, 5.74) is -2.34. The maximum atomic E-state index is 12.7. The lowest BCUT2D eigenvalue weighted by Gasteiger charge is -2.37. The molecule has 3 aliphatic rings. The van der Waals surface area contributed by atoms with E-state index in [0.717, 1.165) is 33.1 Å². The van der Waals surface area contributed by atoms with Crippen LogP contribution in [0, 0.1) is 0 Å². The molecule has 0 amide bonds. The van der Waals surface area contributed by atoms with Gasteiger partial charge in [-0.05, 0) is 39.8 Å². The van der Waals surface area contributed by atoms with E-state index in [2.05, 4.69) is 14.5 Å². The van der Waals surface area contributed by atoms with Crippen molar-refractivity contribution in [3.05, 3.63) is 44.6 Å². The summed E-state index contributed by atoms with van der Waals surface area (Å²) in [5, 5.41) is 44.7. The van der Waals surface area contributed by atoms with Gasteiger partial charge in [-0.3, -0.25) is 24.0 Å². The number of hydrogen-bond donors (Lipinski definition) is 5. The number of ether oxygens (including phenoxy) is 3. The van der Waals surface area contributed by atoms with E-state index in [4.69, 9.17) is 34.7 Å². The number of aliphatic hydroxyl groups is 5. The number of ketones is 4. The molecule has 1 fully saturated rings. The molecular formula is C28H29NO15. The third kappa shape index (κ3) is 6.54. The van der Waals surface area contributed by atoms with Gasteiger partial charge in [-0.15, -0.1) is 0 Å². The van der Waals surface area contributed by atoms with Crippen molar-refractivity contribution in [2.24, 2.45) is 0 Å². The zero-order valence-corrected chi connectivity index (χ0v) is 24.0. The SMILES string of the molecule is COC(=O)Oc1cc(C(C)=O)c(C(C)=O)c2oc3c(C(C)=O)c(=O)c(C(C)=O)cc-3nc12.OC[C@H]1O[C@@H](O)[C@H](O)[C@@H](O)[C@H]1O. The Bertz CT molecular complexity index is 1670. The Morgan fingerprint density at radius 1 is 0.841 bits per heavy atom. The second kappa shape index (κ2) is 13.5. The van der Waals surface area contributed by atoms with Gasteiger partial charge in [0.2, 0.25) is 5.43 Å². The van der Waals surface area contributed by atoms with Crippen molar-refractivity contribution in [1.82, 2.24) is 4.98 Å².